The zero-order valence-corrected chi connectivity index (χ0v) is 10.8. The fraction of sp³-hybridized carbons (Fsp3) is 0.111. The second kappa shape index (κ2) is 4.46. The smallest absolute Gasteiger partial charge is 0.266 e. The van der Waals surface area contributed by atoms with E-state index >= 15 is 0 Å². The highest BCUT2D eigenvalue weighted by molar-refractivity contribution is 7.92. The Morgan fingerprint density at radius 1 is 1.50 bits per heavy atom. The molecular weight excluding hydrogens is 280 g/mol. The lowest BCUT2D eigenvalue weighted by Gasteiger charge is -2.05. The lowest BCUT2D eigenvalue weighted by Crippen LogP contribution is -2.16. The Morgan fingerprint density at radius 3 is 2.78 bits per heavy atom. The number of nitrogens with zero attached hydrogens (tertiary/aromatic N) is 2. The highest BCUT2D eigenvalue weighted by Gasteiger charge is 2.16. The SMILES string of the molecule is Cn1ccc(NS(=O)(=O)c2c[nH]c(=O)c(Cl)c2)n1. The van der Waals surface area contributed by atoms with Gasteiger partial charge in [-0.2, -0.15) is 5.10 Å². The molecule has 0 bridgehead atoms. The Kier molecular flexibility index (Phi) is 3.14. The van der Waals surface area contributed by atoms with Gasteiger partial charge >= 0.3 is 0 Å². The first-order valence-electron chi connectivity index (χ1n) is 4.79. The Bertz CT molecular complexity index is 734. The normalized spacial score (nSPS) is 11.4. The zero-order chi connectivity index (χ0) is 13.3. The van der Waals surface area contributed by atoms with Gasteiger partial charge in [-0.25, -0.2) is 8.42 Å². The maximum atomic E-state index is 11.9. The van der Waals surface area contributed by atoms with E-state index in [2.05, 4.69) is 14.8 Å². The van der Waals surface area contributed by atoms with E-state index in [1.54, 1.807) is 13.2 Å². The van der Waals surface area contributed by atoms with Crippen LogP contribution in [0.25, 0.3) is 0 Å². The molecule has 0 saturated heterocycles. The third-order valence-corrected chi connectivity index (χ3v) is 3.71. The number of anilines is 1. The largest absolute Gasteiger partial charge is 0.326 e. The summed E-state index contributed by atoms with van der Waals surface area (Å²) in [4.78, 5) is 13.1. The standard InChI is InChI=1S/C9H9ClN4O3S/c1-14-3-2-8(12-14)13-18(16,17)6-4-7(10)9(15)11-5-6/h2-5H,1H3,(H,11,15)(H,12,13). The first-order valence-corrected chi connectivity index (χ1v) is 6.65. The first kappa shape index (κ1) is 12.7. The van der Waals surface area contributed by atoms with Gasteiger partial charge in [-0.1, -0.05) is 11.6 Å². The second-order valence-corrected chi connectivity index (χ2v) is 5.58. The van der Waals surface area contributed by atoms with Crippen molar-refractivity contribution >= 4 is 27.4 Å². The second-order valence-electron chi connectivity index (χ2n) is 3.49. The number of aromatic amines is 1. The first-order chi connectivity index (χ1) is 8.38. The van der Waals surface area contributed by atoms with Crippen LogP contribution in [0.1, 0.15) is 0 Å². The highest BCUT2D eigenvalue weighted by Crippen LogP contribution is 2.14. The molecule has 0 aliphatic heterocycles. The van der Waals surface area contributed by atoms with E-state index in [4.69, 9.17) is 11.6 Å². The van der Waals surface area contributed by atoms with Crippen LogP contribution < -0.4 is 10.3 Å². The van der Waals surface area contributed by atoms with E-state index in [0.717, 1.165) is 12.3 Å². The lowest BCUT2D eigenvalue weighted by atomic mass is 10.5. The summed E-state index contributed by atoms with van der Waals surface area (Å²) >= 11 is 5.57. The summed E-state index contributed by atoms with van der Waals surface area (Å²) < 4.78 is 27.6. The summed E-state index contributed by atoms with van der Waals surface area (Å²) in [5.41, 5.74) is -0.548. The molecule has 2 aromatic rings. The molecule has 7 nitrogen and oxygen atoms in total. The van der Waals surface area contributed by atoms with E-state index < -0.39 is 15.6 Å². The molecule has 18 heavy (non-hydrogen) atoms. The maximum Gasteiger partial charge on any atom is 0.266 e. The molecule has 2 aromatic heterocycles. The average Bonchev–Trinajstić information content (AvgIpc) is 2.67. The van der Waals surface area contributed by atoms with E-state index in [-0.39, 0.29) is 15.7 Å². The van der Waals surface area contributed by atoms with Crippen molar-refractivity contribution in [2.45, 2.75) is 4.90 Å². The molecule has 0 aliphatic carbocycles. The van der Waals surface area contributed by atoms with Crippen molar-refractivity contribution in [1.29, 1.82) is 0 Å². The number of rotatable bonds is 3. The van der Waals surface area contributed by atoms with Crippen molar-refractivity contribution in [2.24, 2.45) is 7.05 Å². The van der Waals surface area contributed by atoms with Crippen molar-refractivity contribution in [1.82, 2.24) is 14.8 Å². The van der Waals surface area contributed by atoms with Crippen LogP contribution in [0.3, 0.4) is 0 Å². The summed E-state index contributed by atoms with van der Waals surface area (Å²) in [5, 5.41) is 3.69. The Morgan fingerprint density at radius 2 is 2.22 bits per heavy atom. The van der Waals surface area contributed by atoms with Crippen molar-refractivity contribution in [3.8, 4) is 0 Å². The van der Waals surface area contributed by atoms with Crippen LogP contribution in [0.5, 0.6) is 0 Å². The number of halogens is 1. The van der Waals surface area contributed by atoms with Crippen LogP contribution in [0, 0.1) is 0 Å². The molecule has 2 heterocycles. The molecule has 0 atom stereocenters. The van der Waals surface area contributed by atoms with Gasteiger partial charge < -0.3 is 4.98 Å². The van der Waals surface area contributed by atoms with Gasteiger partial charge in [0.05, 0.1) is 0 Å². The average molecular weight is 289 g/mol. The van der Waals surface area contributed by atoms with Crippen molar-refractivity contribution < 1.29 is 8.42 Å². The third-order valence-electron chi connectivity index (χ3n) is 2.09. The van der Waals surface area contributed by atoms with Crippen LogP contribution in [0.4, 0.5) is 5.82 Å². The summed E-state index contributed by atoms with van der Waals surface area (Å²) in [6.45, 7) is 0. The lowest BCUT2D eigenvalue weighted by molar-refractivity contribution is 0.600. The monoisotopic (exact) mass is 288 g/mol. The van der Waals surface area contributed by atoms with Crippen molar-refractivity contribution in [3.63, 3.8) is 0 Å². The molecule has 0 saturated carbocycles. The third kappa shape index (κ3) is 2.54. The number of hydrogen-bond donors (Lipinski definition) is 2. The predicted octanol–water partition coefficient (Wildman–Crippen LogP) is 0.563. The number of aromatic nitrogens is 3. The highest BCUT2D eigenvalue weighted by atomic mass is 35.5. The van der Waals surface area contributed by atoms with Crippen LogP contribution >= 0.6 is 11.6 Å². The van der Waals surface area contributed by atoms with Gasteiger partial charge in [-0.15, -0.1) is 0 Å². The minimum atomic E-state index is -3.82. The van der Waals surface area contributed by atoms with E-state index in [1.807, 2.05) is 0 Å². The number of nitrogens with one attached hydrogen (secondary N) is 2. The number of H-pyrrole nitrogens is 1. The fourth-order valence-corrected chi connectivity index (χ4v) is 2.48. The van der Waals surface area contributed by atoms with Crippen LogP contribution in [-0.4, -0.2) is 23.2 Å². The van der Waals surface area contributed by atoms with Gasteiger partial charge in [0.2, 0.25) is 0 Å². The summed E-state index contributed by atoms with van der Waals surface area (Å²) in [7, 11) is -2.16. The minimum absolute atomic E-state index is 0.141. The van der Waals surface area contributed by atoms with Gasteiger partial charge in [0.25, 0.3) is 15.6 Å². The molecule has 0 unspecified atom stereocenters. The zero-order valence-electron chi connectivity index (χ0n) is 9.21. The molecule has 96 valence electrons. The molecule has 0 aliphatic rings. The predicted molar refractivity (Wildman–Crippen MR) is 66.1 cm³/mol. The molecule has 2 rings (SSSR count). The number of hydrogen-bond acceptors (Lipinski definition) is 4. The van der Waals surface area contributed by atoms with Crippen LogP contribution in [0.2, 0.25) is 5.02 Å². The molecule has 0 amide bonds. The van der Waals surface area contributed by atoms with Gasteiger partial charge in [-0.05, 0) is 6.07 Å². The molecule has 0 aromatic carbocycles. The molecule has 0 spiro atoms. The van der Waals surface area contributed by atoms with Crippen LogP contribution in [-0.2, 0) is 17.1 Å². The number of aryl methyl sites for hydroxylation is 1. The molecular formula is C9H9ClN4O3S. The summed E-state index contributed by atoms with van der Waals surface area (Å²) in [6, 6.07) is 2.58. The van der Waals surface area contributed by atoms with Gasteiger partial charge in [0, 0.05) is 25.5 Å². The maximum absolute atomic E-state index is 11.9. The van der Waals surface area contributed by atoms with E-state index in [0.29, 0.717) is 0 Å². The summed E-state index contributed by atoms with van der Waals surface area (Å²) in [5.74, 6) is 0.180. The molecule has 2 N–H and O–H groups in total. The quantitative estimate of drug-likeness (QED) is 0.862. The fourth-order valence-electron chi connectivity index (χ4n) is 1.26. The van der Waals surface area contributed by atoms with Gasteiger partial charge in [0.15, 0.2) is 5.82 Å². The summed E-state index contributed by atoms with van der Waals surface area (Å²) in [6.07, 6.45) is 2.66. The van der Waals surface area contributed by atoms with Crippen LogP contribution in [0.15, 0.2) is 34.2 Å². The molecule has 0 radical (unpaired) electrons. The Balaban J connectivity index is 2.36. The minimum Gasteiger partial charge on any atom is -0.326 e. The number of pyridine rings is 1. The van der Waals surface area contributed by atoms with Crippen molar-refractivity contribution in [3.05, 3.63) is 39.9 Å². The van der Waals surface area contributed by atoms with Gasteiger partial charge in [-0.3, -0.25) is 14.2 Å². The van der Waals surface area contributed by atoms with Gasteiger partial charge in [0.1, 0.15) is 9.92 Å². The van der Waals surface area contributed by atoms with Crippen molar-refractivity contribution in [2.75, 3.05) is 4.72 Å². The van der Waals surface area contributed by atoms with E-state index in [9.17, 15) is 13.2 Å². The molecule has 0 fully saturated rings. The topological polar surface area (TPSA) is 96.9 Å². The van der Waals surface area contributed by atoms with E-state index in [1.165, 1.54) is 10.7 Å². The molecule has 9 heteroatoms. The Labute approximate surface area is 107 Å². The number of sulfonamides is 1. The Hall–Kier alpha value is -1.80.